The molecule has 0 saturated heterocycles. The summed E-state index contributed by atoms with van der Waals surface area (Å²) in [6.45, 7) is 2.18. The van der Waals surface area contributed by atoms with E-state index in [-0.39, 0.29) is 18.3 Å². The zero-order valence-corrected chi connectivity index (χ0v) is 12.0. The maximum atomic E-state index is 11.5. The number of nitrogens with one attached hydrogen (secondary N) is 1. The predicted molar refractivity (Wildman–Crippen MR) is 75.4 cm³/mol. The Morgan fingerprint density at radius 2 is 2.22 bits per heavy atom. The third kappa shape index (κ3) is 4.37. The number of carbonyl (C=O) groups is 1. The van der Waals surface area contributed by atoms with Crippen LogP contribution in [-0.4, -0.2) is 19.1 Å². The van der Waals surface area contributed by atoms with Crippen LogP contribution in [0.3, 0.4) is 0 Å². The van der Waals surface area contributed by atoms with Crippen molar-refractivity contribution >= 4 is 29.9 Å². The van der Waals surface area contributed by atoms with Crippen molar-refractivity contribution < 1.29 is 9.53 Å². The molecule has 102 valence electrons. The van der Waals surface area contributed by atoms with Crippen molar-refractivity contribution in [1.82, 2.24) is 5.32 Å². The first-order valence-corrected chi connectivity index (χ1v) is 5.82. The molecule has 0 fully saturated rings. The van der Waals surface area contributed by atoms with Crippen molar-refractivity contribution in [3.8, 4) is 5.75 Å². The molecular weight excluding hydrogens is 275 g/mol. The summed E-state index contributed by atoms with van der Waals surface area (Å²) in [6, 6.07) is 4.87. The summed E-state index contributed by atoms with van der Waals surface area (Å²) in [5.41, 5.74) is 6.37. The highest BCUT2D eigenvalue weighted by molar-refractivity contribution is 6.31. The molecule has 6 heteroatoms. The molecule has 0 saturated carbocycles. The fraction of sp³-hybridized carbons (Fsp3) is 0.417. The van der Waals surface area contributed by atoms with Gasteiger partial charge in [-0.25, -0.2) is 0 Å². The van der Waals surface area contributed by atoms with Crippen molar-refractivity contribution in [2.24, 2.45) is 5.73 Å². The molecule has 4 nitrogen and oxygen atoms in total. The van der Waals surface area contributed by atoms with E-state index in [2.05, 4.69) is 5.32 Å². The average Bonchev–Trinajstić information content (AvgIpc) is 2.35. The lowest BCUT2D eigenvalue weighted by Gasteiger charge is -2.13. The van der Waals surface area contributed by atoms with E-state index < -0.39 is 6.04 Å². The Morgan fingerprint density at radius 1 is 1.56 bits per heavy atom. The Labute approximate surface area is 118 Å². The van der Waals surface area contributed by atoms with Crippen molar-refractivity contribution in [2.45, 2.75) is 25.9 Å². The average molecular weight is 293 g/mol. The minimum atomic E-state index is -0.483. The molecular formula is C12H18Cl2N2O2. The Morgan fingerprint density at radius 3 is 2.78 bits per heavy atom. The van der Waals surface area contributed by atoms with Crippen molar-refractivity contribution in [2.75, 3.05) is 7.11 Å². The number of benzene rings is 1. The van der Waals surface area contributed by atoms with Crippen LogP contribution < -0.4 is 15.8 Å². The van der Waals surface area contributed by atoms with E-state index in [1.54, 1.807) is 25.3 Å². The van der Waals surface area contributed by atoms with Gasteiger partial charge in [0, 0.05) is 17.1 Å². The van der Waals surface area contributed by atoms with Crippen LogP contribution in [0.5, 0.6) is 5.75 Å². The minimum Gasteiger partial charge on any atom is -0.496 e. The van der Waals surface area contributed by atoms with Crippen LogP contribution in [0.2, 0.25) is 5.02 Å². The smallest absolute Gasteiger partial charge is 0.237 e. The third-order valence-electron chi connectivity index (χ3n) is 2.51. The highest BCUT2D eigenvalue weighted by Crippen LogP contribution is 2.25. The topological polar surface area (TPSA) is 64.4 Å². The molecule has 1 amide bonds. The van der Waals surface area contributed by atoms with Crippen LogP contribution in [0.15, 0.2) is 18.2 Å². The molecule has 0 radical (unpaired) electrons. The van der Waals surface area contributed by atoms with E-state index in [1.807, 2.05) is 6.92 Å². The molecule has 0 bridgehead atoms. The van der Waals surface area contributed by atoms with Gasteiger partial charge in [0.25, 0.3) is 0 Å². The molecule has 0 unspecified atom stereocenters. The molecule has 18 heavy (non-hydrogen) atoms. The molecule has 0 aromatic heterocycles. The Balaban J connectivity index is 0.00000289. The van der Waals surface area contributed by atoms with E-state index in [1.165, 1.54) is 0 Å². The van der Waals surface area contributed by atoms with Crippen LogP contribution in [0, 0.1) is 0 Å². The number of rotatable bonds is 5. The lowest BCUT2D eigenvalue weighted by Crippen LogP contribution is -2.39. The lowest BCUT2D eigenvalue weighted by molar-refractivity contribution is -0.122. The van der Waals surface area contributed by atoms with E-state index in [4.69, 9.17) is 22.1 Å². The Hall–Kier alpha value is -0.970. The normalized spacial score (nSPS) is 11.3. The van der Waals surface area contributed by atoms with Gasteiger partial charge in [0.2, 0.25) is 5.91 Å². The monoisotopic (exact) mass is 292 g/mol. The molecule has 0 aliphatic heterocycles. The molecule has 0 spiro atoms. The molecule has 1 rings (SSSR count). The van der Waals surface area contributed by atoms with Gasteiger partial charge < -0.3 is 15.8 Å². The maximum Gasteiger partial charge on any atom is 0.237 e. The Bertz CT molecular complexity index is 400. The van der Waals surface area contributed by atoms with Crippen LogP contribution in [0.25, 0.3) is 0 Å². The fourth-order valence-electron chi connectivity index (χ4n) is 1.39. The number of hydrogen-bond donors (Lipinski definition) is 2. The van der Waals surface area contributed by atoms with Crippen molar-refractivity contribution in [3.63, 3.8) is 0 Å². The third-order valence-corrected chi connectivity index (χ3v) is 2.87. The largest absolute Gasteiger partial charge is 0.496 e. The van der Waals surface area contributed by atoms with E-state index in [0.717, 1.165) is 5.56 Å². The second-order valence-electron chi connectivity index (χ2n) is 3.65. The second kappa shape index (κ2) is 8.19. The summed E-state index contributed by atoms with van der Waals surface area (Å²) in [5.74, 6) is 0.470. The number of ether oxygens (including phenoxy) is 1. The summed E-state index contributed by atoms with van der Waals surface area (Å²) < 4.78 is 5.18. The van der Waals surface area contributed by atoms with Gasteiger partial charge in [-0.15, -0.1) is 12.4 Å². The fourth-order valence-corrected chi connectivity index (χ4v) is 1.63. The summed E-state index contributed by atoms with van der Waals surface area (Å²) in [7, 11) is 1.56. The van der Waals surface area contributed by atoms with Gasteiger partial charge in [-0.1, -0.05) is 24.6 Å². The molecule has 1 aromatic rings. The number of halogens is 2. The zero-order valence-electron chi connectivity index (χ0n) is 10.4. The van der Waals surface area contributed by atoms with Gasteiger partial charge in [0.05, 0.1) is 13.2 Å². The molecule has 3 N–H and O–H groups in total. The SMILES string of the molecule is CC[C@H](N)C(=O)NCc1c(Cl)cccc1OC.Cl. The van der Waals surface area contributed by atoms with Crippen molar-refractivity contribution in [3.05, 3.63) is 28.8 Å². The van der Waals surface area contributed by atoms with Gasteiger partial charge in [-0.3, -0.25) is 4.79 Å². The van der Waals surface area contributed by atoms with Crippen LogP contribution >= 0.6 is 24.0 Å². The number of amides is 1. The first-order chi connectivity index (χ1) is 8.10. The first kappa shape index (κ1) is 17.0. The van der Waals surface area contributed by atoms with Gasteiger partial charge in [0.15, 0.2) is 0 Å². The van der Waals surface area contributed by atoms with Crippen LogP contribution in [0.1, 0.15) is 18.9 Å². The highest BCUT2D eigenvalue weighted by Gasteiger charge is 2.13. The first-order valence-electron chi connectivity index (χ1n) is 5.44. The number of hydrogen-bond acceptors (Lipinski definition) is 3. The summed E-state index contributed by atoms with van der Waals surface area (Å²) in [4.78, 5) is 11.5. The van der Waals surface area contributed by atoms with Gasteiger partial charge in [-0.2, -0.15) is 0 Å². The molecule has 1 aromatic carbocycles. The van der Waals surface area contributed by atoms with Gasteiger partial charge in [-0.05, 0) is 18.6 Å². The standard InChI is InChI=1S/C12H17ClN2O2.ClH/c1-3-10(14)12(16)15-7-8-9(13)5-4-6-11(8)17-2;/h4-6,10H,3,7,14H2,1-2H3,(H,15,16);1H/t10-;/m0./s1. The number of nitrogens with two attached hydrogens (primary N) is 1. The molecule has 0 aliphatic rings. The molecule has 0 aliphatic carbocycles. The zero-order chi connectivity index (χ0) is 12.8. The number of carbonyl (C=O) groups excluding carboxylic acids is 1. The van der Waals surface area contributed by atoms with Crippen LogP contribution in [-0.2, 0) is 11.3 Å². The summed E-state index contributed by atoms with van der Waals surface area (Å²) in [6.07, 6.45) is 0.603. The summed E-state index contributed by atoms with van der Waals surface area (Å²) in [5, 5.41) is 3.30. The van der Waals surface area contributed by atoms with Gasteiger partial charge in [0.1, 0.15) is 5.75 Å². The van der Waals surface area contributed by atoms with Crippen LogP contribution in [0.4, 0.5) is 0 Å². The second-order valence-corrected chi connectivity index (χ2v) is 4.06. The molecule has 0 heterocycles. The quantitative estimate of drug-likeness (QED) is 0.874. The maximum absolute atomic E-state index is 11.5. The van der Waals surface area contributed by atoms with E-state index >= 15 is 0 Å². The van der Waals surface area contributed by atoms with E-state index in [9.17, 15) is 4.79 Å². The molecule has 1 atom stereocenters. The number of methoxy groups -OCH3 is 1. The van der Waals surface area contributed by atoms with Crippen molar-refractivity contribution in [1.29, 1.82) is 0 Å². The lowest BCUT2D eigenvalue weighted by atomic mass is 10.2. The Kier molecular flexibility index (Phi) is 7.75. The minimum absolute atomic E-state index is 0. The highest BCUT2D eigenvalue weighted by atomic mass is 35.5. The summed E-state index contributed by atoms with van der Waals surface area (Å²) >= 11 is 6.04. The van der Waals surface area contributed by atoms with Gasteiger partial charge >= 0.3 is 0 Å². The predicted octanol–water partition coefficient (Wildman–Crippen LogP) is 2.12. The van der Waals surface area contributed by atoms with E-state index in [0.29, 0.717) is 23.7 Å².